The first-order chi connectivity index (χ1) is 8.51. The van der Waals surface area contributed by atoms with Gasteiger partial charge >= 0.3 is 0 Å². The summed E-state index contributed by atoms with van der Waals surface area (Å²) >= 11 is 0. The summed E-state index contributed by atoms with van der Waals surface area (Å²) < 4.78 is 10.3. The van der Waals surface area contributed by atoms with Crippen LogP contribution in [-0.2, 0) is 0 Å². The number of ketones is 2. The van der Waals surface area contributed by atoms with Gasteiger partial charge in [0.05, 0.1) is 14.2 Å². The lowest BCUT2D eigenvalue weighted by Crippen LogP contribution is -2.19. The van der Waals surface area contributed by atoms with Crippen LogP contribution in [0.3, 0.4) is 0 Å². The lowest BCUT2D eigenvalue weighted by atomic mass is 9.85. The van der Waals surface area contributed by atoms with E-state index in [1.54, 1.807) is 26.0 Å². The molecule has 1 aromatic rings. The summed E-state index contributed by atoms with van der Waals surface area (Å²) in [7, 11) is 2.99. The van der Waals surface area contributed by atoms with Gasteiger partial charge in [-0.15, -0.1) is 0 Å². The van der Waals surface area contributed by atoms with E-state index in [-0.39, 0.29) is 11.6 Å². The van der Waals surface area contributed by atoms with Crippen molar-refractivity contribution in [2.75, 3.05) is 14.2 Å². The zero-order valence-corrected chi connectivity index (χ0v) is 10.8. The number of fused-ring (bicyclic) bond motifs is 1. The molecule has 0 atom stereocenters. The molecule has 0 unspecified atom stereocenters. The van der Waals surface area contributed by atoms with Crippen LogP contribution in [-0.4, -0.2) is 25.8 Å². The summed E-state index contributed by atoms with van der Waals surface area (Å²) in [6.45, 7) is 3.32. The van der Waals surface area contributed by atoms with Crippen molar-refractivity contribution >= 4 is 11.6 Å². The molecule has 0 saturated carbocycles. The molecule has 0 aromatic heterocycles. The maximum atomic E-state index is 12.1. The van der Waals surface area contributed by atoms with Crippen molar-refractivity contribution in [3.05, 3.63) is 34.4 Å². The second-order valence-electron chi connectivity index (χ2n) is 4.16. The Morgan fingerprint density at radius 3 is 1.39 bits per heavy atom. The molecule has 1 aromatic carbocycles. The zero-order valence-electron chi connectivity index (χ0n) is 10.8. The van der Waals surface area contributed by atoms with Crippen molar-refractivity contribution in [1.82, 2.24) is 0 Å². The summed E-state index contributed by atoms with van der Waals surface area (Å²) in [5.41, 5.74) is 1.72. The number of benzene rings is 1. The second kappa shape index (κ2) is 4.29. The van der Waals surface area contributed by atoms with Gasteiger partial charge in [-0.3, -0.25) is 9.59 Å². The Morgan fingerprint density at radius 1 is 0.778 bits per heavy atom. The number of Topliss-reactive ketones (excluding diaryl/α,β-unsaturated/α-hetero) is 2. The SMILES string of the molecule is COc1cc2c(cc1OC)C(=O)C(C)=C(C)C2=O. The van der Waals surface area contributed by atoms with E-state index in [9.17, 15) is 9.59 Å². The first-order valence-corrected chi connectivity index (χ1v) is 5.54. The van der Waals surface area contributed by atoms with E-state index < -0.39 is 0 Å². The number of carbonyl (C=O) groups excluding carboxylic acids is 2. The highest BCUT2D eigenvalue weighted by atomic mass is 16.5. The number of carbonyl (C=O) groups is 2. The molecule has 0 amide bonds. The van der Waals surface area contributed by atoms with Crippen LogP contribution in [0.4, 0.5) is 0 Å². The maximum Gasteiger partial charge on any atom is 0.190 e. The number of allylic oxidation sites excluding steroid dienone is 2. The van der Waals surface area contributed by atoms with Gasteiger partial charge in [0.1, 0.15) is 0 Å². The standard InChI is InChI=1S/C14H14O4/c1-7-8(2)14(16)10-6-12(18-4)11(17-3)5-9(10)13(7)15/h5-6H,1-4H3. The Morgan fingerprint density at radius 2 is 1.11 bits per heavy atom. The normalized spacial score (nSPS) is 14.7. The minimum atomic E-state index is -0.136. The van der Waals surface area contributed by atoms with E-state index in [4.69, 9.17) is 9.47 Å². The van der Waals surface area contributed by atoms with E-state index in [1.165, 1.54) is 14.2 Å². The number of rotatable bonds is 2. The van der Waals surface area contributed by atoms with Crippen LogP contribution in [0.1, 0.15) is 34.6 Å². The van der Waals surface area contributed by atoms with Crippen molar-refractivity contribution in [3.8, 4) is 11.5 Å². The third kappa shape index (κ3) is 1.61. The van der Waals surface area contributed by atoms with Crippen LogP contribution in [0.2, 0.25) is 0 Å². The smallest absolute Gasteiger partial charge is 0.190 e. The molecule has 4 nitrogen and oxygen atoms in total. The van der Waals surface area contributed by atoms with Crippen LogP contribution in [0.5, 0.6) is 11.5 Å². The predicted molar refractivity (Wildman–Crippen MR) is 66.6 cm³/mol. The molecule has 94 valence electrons. The van der Waals surface area contributed by atoms with Crippen LogP contribution in [0, 0.1) is 0 Å². The zero-order chi connectivity index (χ0) is 13.4. The van der Waals surface area contributed by atoms with Crippen molar-refractivity contribution in [2.24, 2.45) is 0 Å². The molecule has 0 N–H and O–H groups in total. The molecule has 1 aliphatic rings. The lowest BCUT2D eigenvalue weighted by molar-refractivity contribution is 0.0974. The molecule has 18 heavy (non-hydrogen) atoms. The lowest BCUT2D eigenvalue weighted by Gasteiger charge is -2.19. The molecule has 0 radical (unpaired) electrons. The van der Waals surface area contributed by atoms with E-state index in [2.05, 4.69) is 0 Å². The highest BCUT2D eigenvalue weighted by Gasteiger charge is 2.29. The van der Waals surface area contributed by atoms with E-state index in [1.807, 2.05) is 0 Å². The Bertz CT molecular complexity index is 531. The quantitative estimate of drug-likeness (QED) is 0.804. The number of hydrogen-bond donors (Lipinski definition) is 0. The average molecular weight is 246 g/mol. The number of ether oxygens (including phenoxy) is 2. The van der Waals surface area contributed by atoms with E-state index in [0.29, 0.717) is 33.8 Å². The van der Waals surface area contributed by atoms with Gasteiger partial charge < -0.3 is 9.47 Å². The molecule has 0 bridgehead atoms. The van der Waals surface area contributed by atoms with Crippen molar-refractivity contribution in [1.29, 1.82) is 0 Å². The largest absolute Gasteiger partial charge is 0.493 e. The van der Waals surface area contributed by atoms with Gasteiger partial charge in [-0.25, -0.2) is 0 Å². The molecule has 0 spiro atoms. The van der Waals surface area contributed by atoms with E-state index >= 15 is 0 Å². The molecule has 0 aliphatic heterocycles. The fourth-order valence-corrected chi connectivity index (χ4v) is 2.00. The first-order valence-electron chi connectivity index (χ1n) is 5.54. The molecule has 0 heterocycles. The minimum absolute atomic E-state index is 0.136. The van der Waals surface area contributed by atoms with Crippen LogP contribution >= 0.6 is 0 Å². The fourth-order valence-electron chi connectivity index (χ4n) is 2.00. The Balaban J connectivity index is 2.71. The van der Waals surface area contributed by atoms with Crippen LogP contribution < -0.4 is 9.47 Å². The van der Waals surface area contributed by atoms with Gasteiger partial charge in [0.25, 0.3) is 0 Å². The summed E-state index contributed by atoms with van der Waals surface area (Å²) in [5, 5.41) is 0. The minimum Gasteiger partial charge on any atom is -0.493 e. The van der Waals surface area contributed by atoms with Gasteiger partial charge in [-0.1, -0.05) is 0 Å². The molecule has 1 aliphatic carbocycles. The molecular weight excluding hydrogens is 232 g/mol. The Hall–Kier alpha value is -2.10. The molecule has 4 heteroatoms. The summed E-state index contributed by atoms with van der Waals surface area (Å²) in [6.07, 6.45) is 0. The molecule has 0 fully saturated rings. The van der Waals surface area contributed by atoms with E-state index in [0.717, 1.165) is 0 Å². The van der Waals surface area contributed by atoms with Gasteiger partial charge in [0.2, 0.25) is 0 Å². The van der Waals surface area contributed by atoms with Gasteiger partial charge in [-0.2, -0.15) is 0 Å². The van der Waals surface area contributed by atoms with Gasteiger partial charge in [0.15, 0.2) is 23.1 Å². The van der Waals surface area contributed by atoms with Crippen molar-refractivity contribution in [2.45, 2.75) is 13.8 Å². The van der Waals surface area contributed by atoms with Gasteiger partial charge in [0, 0.05) is 22.3 Å². The Kier molecular flexibility index (Phi) is 2.95. The average Bonchev–Trinajstić information content (AvgIpc) is 2.41. The first kappa shape index (κ1) is 12.4. The molecular formula is C14H14O4. The summed E-state index contributed by atoms with van der Waals surface area (Å²) in [4.78, 5) is 24.3. The van der Waals surface area contributed by atoms with Crippen LogP contribution in [0.15, 0.2) is 23.3 Å². The van der Waals surface area contributed by atoms with Crippen LogP contribution in [0.25, 0.3) is 0 Å². The number of hydrogen-bond acceptors (Lipinski definition) is 4. The molecule has 0 saturated heterocycles. The summed E-state index contributed by atoms with van der Waals surface area (Å²) in [6, 6.07) is 3.12. The maximum absolute atomic E-state index is 12.1. The molecule has 2 rings (SSSR count). The number of methoxy groups -OCH3 is 2. The monoisotopic (exact) mass is 246 g/mol. The third-order valence-corrected chi connectivity index (χ3v) is 3.26. The fraction of sp³-hybridized carbons (Fsp3) is 0.286. The summed E-state index contributed by atoms with van der Waals surface area (Å²) in [5.74, 6) is 0.626. The third-order valence-electron chi connectivity index (χ3n) is 3.26. The Labute approximate surface area is 105 Å². The van der Waals surface area contributed by atoms with Gasteiger partial charge in [-0.05, 0) is 26.0 Å². The predicted octanol–water partition coefficient (Wildman–Crippen LogP) is 2.42. The van der Waals surface area contributed by atoms with Crippen molar-refractivity contribution < 1.29 is 19.1 Å². The second-order valence-corrected chi connectivity index (χ2v) is 4.16. The topological polar surface area (TPSA) is 52.6 Å². The highest BCUT2D eigenvalue weighted by Crippen LogP contribution is 2.35. The van der Waals surface area contributed by atoms with Crippen molar-refractivity contribution in [3.63, 3.8) is 0 Å². The highest BCUT2D eigenvalue weighted by molar-refractivity contribution is 6.26.